The molecule has 3 fully saturated rings. The fraction of sp³-hybridized carbons (Fsp3) is 0.500. The van der Waals surface area contributed by atoms with Crippen LogP contribution in [0, 0.1) is 23.7 Å². The normalized spacial score (nSPS) is 29.2. The summed E-state index contributed by atoms with van der Waals surface area (Å²) in [5.41, 5.74) is 1.17. The summed E-state index contributed by atoms with van der Waals surface area (Å²) >= 11 is 0. The van der Waals surface area contributed by atoms with Crippen LogP contribution in [0.5, 0.6) is 0 Å². The molecule has 0 radical (unpaired) electrons. The molecule has 2 aliphatic carbocycles. The van der Waals surface area contributed by atoms with E-state index in [1.807, 2.05) is 0 Å². The smallest absolute Gasteiger partial charge is 0.233 e. The summed E-state index contributed by atoms with van der Waals surface area (Å²) in [6, 6.07) is 6.65. The molecule has 4 rings (SSSR count). The van der Waals surface area contributed by atoms with E-state index in [1.54, 1.807) is 24.3 Å². The highest BCUT2D eigenvalue weighted by molar-refractivity contribution is 6.06. The van der Waals surface area contributed by atoms with Crippen molar-refractivity contribution in [1.29, 1.82) is 0 Å². The number of nitrogens with zero attached hydrogens (tertiary/aromatic N) is 1. The highest BCUT2D eigenvalue weighted by Crippen LogP contribution is 2.56. The molecule has 3 amide bonds. The van der Waals surface area contributed by atoms with Crippen molar-refractivity contribution >= 4 is 29.2 Å². The maximum Gasteiger partial charge on any atom is 0.233 e. The van der Waals surface area contributed by atoms with E-state index in [2.05, 4.69) is 5.32 Å². The van der Waals surface area contributed by atoms with Gasteiger partial charge < -0.3 is 5.32 Å². The third-order valence-corrected chi connectivity index (χ3v) is 6.16. The topological polar surface area (TPSA) is 83.6 Å². The van der Waals surface area contributed by atoms with Crippen LogP contribution in [0.25, 0.3) is 0 Å². The van der Waals surface area contributed by atoms with Gasteiger partial charge in [0.05, 0.1) is 11.8 Å². The first-order chi connectivity index (χ1) is 12.5. The van der Waals surface area contributed by atoms with Gasteiger partial charge in [-0.05, 0) is 62.3 Å². The summed E-state index contributed by atoms with van der Waals surface area (Å²) in [5, 5.41) is 2.74. The van der Waals surface area contributed by atoms with Crippen molar-refractivity contribution in [2.75, 3.05) is 11.9 Å². The van der Waals surface area contributed by atoms with Gasteiger partial charge in [0.2, 0.25) is 17.7 Å². The van der Waals surface area contributed by atoms with Crippen LogP contribution in [0.1, 0.15) is 43.0 Å². The minimum Gasteiger partial charge on any atom is -0.326 e. The largest absolute Gasteiger partial charge is 0.326 e. The van der Waals surface area contributed by atoms with E-state index in [0.29, 0.717) is 23.1 Å². The number of rotatable bonds is 5. The number of benzene rings is 1. The molecule has 1 aromatic rings. The lowest BCUT2D eigenvalue weighted by Gasteiger charge is -2.19. The lowest BCUT2D eigenvalue weighted by molar-refractivity contribution is -0.140. The highest BCUT2D eigenvalue weighted by Gasteiger charge is 2.60. The number of anilines is 1. The van der Waals surface area contributed by atoms with Gasteiger partial charge in [0.1, 0.15) is 0 Å². The average Bonchev–Trinajstić information content (AvgIpc) is 3.28. The van der Waals surface area contributed by atoms with E-state index < -0.39 is 0 Å². The molecule has 1 saturated heterocycles. The van der Waals surface area contributed by atoms with Crippen molar-refractivity contribution in [3.63, 3.8) is 0 Å². The molecule has 0 aromatic heterocycles. The molecule has 136 valence electrons. The van der Waals surface area contributed by atoms with Gasteiger partial charge in [-0.2, -0.15) is 0 Å². The molecule has 0 spiro atoms. The number of carbonyl (C=O) groups excluding carboxylic acids is 4. The lowest BCUT2D eigenvalue weighted by atomic mass is 9.81. The van der Waals surface area contributed by atoms with Crippen molar-refractivity contribution in [2.24, 2.45) is 23.7 Å². The number of Topliss-reactive ketones (excluding diaryl/α,β-unsaturated/α-hetero) is 1. The fourth-order valence-corrected chi connectivity index (χ4v) is 4.92. The quantitative estimate of drug-likeness (QED) is 0.649. The molecular formula is C20H22N2O4. The minimum atomic E-state index is -0.249. The van der Waals surface area contributed by atoms with Gasteiger partial charge >= 0.3 is 0 Å². The van der Waals surface area contributed by atoms with Crippen LogP contribution in [0.4, 0.5) is 5.69 Å². The molecule has 4 atom stereocenters. The number of imide groups is 1. The third-order valence-electron chi connectivity index (χ3n) is 6.16. The molecule has 0 unspecified atom stereocenters. The molecule has 2 saturated carbocycles. The Morgan fingerprint density at radius 2 is 1.62 bits per heavy atom. The summed E-state index contributed by atoms with van der Waals surface area (Å²) in [6.07, 6.45) is 3.20. The van der Waals surface area contributed by atoms with Gasteiger partial charge in [-0.1, -0.05) is 0 Å². The van der Waals surface area contributed by atoms with Gasteiger partial charge in [-0.25, -0.2) is 0 Å². The van der Waals surface area contributed by atoms with E-state index in [0.717, 1.165) is 19.3 Å². The Hall–Kier alpha value is -2.50. The van der Waals surface area contributed by atoms with Crippen molar-refractivity contribution < 1.29 is 19.2 Å². The maximum absolute atomic E-state index is 12.6. The lowest BCUT2D eigenvalue weighted by Crippen LogP contribution is -2.35. The number of likely N-dealkylation sites (tertiary alicyclic amines) is 1. The number of carbonyl (C=O) groups is 4. The molecule has 6 heteroatoms. The Balaban J connectivity index is 1.34. The summed E-state index contributed by atoms with van der Waals surface area (Å²) in [7, 11) is 0. The number of amides is 3. The van der Waals surface area contributed by atoms with Crippen LogP contribution in [-0.4, -0.2) is 34.9 Å². The van der Waals surface area contributed by atoms with Gasteiger partial charge in [0, 0.05) is 24.2 Å². The van der Waals surface area contributed by atoms with E-state index in [-0.39, 0.29) is 48.3 Å². The second-order valence-corrected chi connectivity index (χ2v) is 7.64. The Bertz CT molecular complexity index is 758. The van der Waals surface area contributed by atoms with E-state index in [4.69, 9.17) is 0 Å². The van der Waals surface area contributed by atoms with Gasteiger partial charge in [0.15, 0.2) is 5.78 Å². The van der Waals surface area contributed by atoms with Crippen LogP contribution in [0.3, 0.4) is 0 Å². The SMILES string of the molecule is CC(=O)c1ccc(NC(=O)CCN2C(=O)[C@@H]3[C@@H]4CC[C@@H](C4)[C@@H]3C2=O)cc1. The Kier molecular flexibility index (Phi) is 4.13. The summed E-state index contributed by atoms with van der Waals surface area (Å²) in [4.78, 5) is 49.9. The van der Waals surface area contributed by atoms with Crippen LogP contribution in [0.15, 0.2) is 24.3 Å². The monoisotopic (exact) mass is 354 g/mol. The second kappa shape index (κ2) is 6.34. The molecule has 3 aliphatic rings. The zero-order chi connectivity index (χ0) is 18.4. The predicted molar refractivity (Wildman–Crippen MR) is 94.2 cm³/mol. The third kappa shape index (κ3) is 2.73. The predicted octanol–water partition coefficient (Wildman–Crippen LogP) is 2.25. The number of ketones is 1. The van der Waals surface area contributed by atoms with Crippen LogP contribution in [-0.2, 0) is 14.4 Å². The zero-order valence-electron chi connectivity index (χ0n) is 14.7. The molecule has 6 nitrogen and oxygen atoms in total. The Morgan fingerprint density at radius 3 is 2.15 bits per heavy atom. The first-order valence-electron chi connectivity index (χ1n) is 9.22. The number of fused-ring (bicyclic) bond motifs is 5. The van der Waals surface area contributed by atoms with E-state index >= 15 is 0 Å². The summed E-state index contributed by atoms with van der Waals surface area (Å²) in [5.74, 6) is 0.0123. The standard InChI is InChI=1S/C20H22N2O4/c1-11(23)12-4-6-15(7-5-12)21-16(24)8-9-22-19(25)17-13-2-3-14(10-13)18(17)20(22)26/h4-7,13-14,17-18H,2-3,8-10H2,1H3,(H,21,24)/t13-,14+,17-,18+. The fourth-order valence-electron chi connectivity index (χ4n) is 4.92. The first kappa shape index (κ1) is 16.9. The number of hydrogen-bond donors (Lipinski definition) is 1. The van der Waals surface area contributed by atoms with Crippen molar-refractivity contribution in [3.8, 4) is 0 Å². The summed E-state index contributed by atoms with van der Waals surface area (Å²) < 4.78 is 0. The Labute approximate surface area is 151 Å². The van der Waals surface area contributed by atoms with E-state index in [9.17, 15) is 19.2 Å². The molecule has 1 N–H and O–H groups in total. The van der Waals surface area contributed by atoms with Crippen molar-refractivity contribution in [1.82, 2.24) is 4.90 Å². The van der Waals surface area contributed by atoms with Crippen LogP contribution >= 0.6 is 0 Å². The summed E-state index contributed by atoms with van der Waals surface area (Å²) in [6.45, 7) is 1.63. The molecule has 26 heavy (non-hydrogen) atoms. The maximum atomic E-state index is 12.6. The minimum absolute atomic E-state index is 0.0338. The molecule has 1 aliphatic heterocycles. The molecule has 1 heterocycles. The second-order valence-electron chi connectivity index (χ2n) is 7.64. The molecule has 2 bridgehead atoms. The first-order valence-corrected chi connectivity index (χ1v) is 9.22. The van der Waals surface area contributed by atoms with Gasteiger partial charge in [-0.15, -0.1) is 0 Å². The zero-order valence-corrected chi connectivity index (χ0v) is 14.7. The Morgan fingerprint density at radius 1 is 1.04 bits per heavy atom. The van der Waals surface area contributed by atoms with Crippen LogP contribution in [0.2, 0.25) is 0 Å². The number of nitrogens with one attached hydrogen (secondary N) is 1. The molecule has 1 aromatic carbocycles. The van der Waals surface area contributed by atoms with Gasteiger partial charge in [-0.3, -0.25) is 24.1 Å². The van der Waals surface area contributed by atoms with Crippen molar-refractivity contribution in [3.05, 3.63) is 29.8 Å². The highest BCUT2D eigenvalue weighted by atomic mass is 16.2. The van der Waals surface area contributed by atoms with E-state index in [1.165, 1.54) is 11.8 Å². The number of hydrogen-bond acceptors (Lipinski definition) is 4. The average molecular weight is 354 g/mol. The van der Waals surface area contributed by atoms with Crippen LogP contribution < -0.4 is 5.32 Å². The molecular weight excluding hydrogens is 332 g/mol. The van der Waals surface area contributed by atoms with Gasteiger partial charge in [0.25, 0.3) is 0 Å². The van der Waals surface area contributed by atoms with Crippen molar-refractivity contribution in [2.45, 2.75) is 32.6 Å².